The summed E-state index contributed by atoms with van der Waals surface area (Å²) in [7, 11) is 0. The molecule has 1 unspecified atom stereocenters. The number of anilines is 1. The standard InChI is InChI=1S/C12H21N3O/c1-2-8-15-9-7-14-12(15)13-6-5-11-4-3-10-16-11/h7,9,11H,2-6,8,10H2,1H3,(H,13,14). The van der Waals surface area contributed by atoms with Crippen molar-refractivity contribution in [2.45, 2.75) is 45.3 Å². The fraction of sp³-hybridized carbons (Fsp3) is 0.750. The van der Waals surface area contributed by atoms with E-state index in [4.69, 9.17) is 4.74 Å². The fourth-order valence-electron chi connectivity index (χ4n) is 2.11. The molecule has 2 rings (SSSR count). The Morgan fingerprint density at radius 1 is 1.62 bits per heavy atom. The van der Waals surface area contributed by atoms with Gasteiger partial charge in [0.15, 0.2) is 0 Å². The zero-order valence-corrected chi connectivity index (χ0v) is 9.98. The molecule has 1 saturated heterocycles. The molecule has 1 atom stereocenters. The third-order valence-electron chi connectivity index (χ3n) is 2.95. The number of hydrogen-bond donors (Lipinski definition) is 1. The molecule has 1 aliphatic rings. The zero-order valence-electron chi connectivity index (χ0n) is 9.98. The monoisotopic (exact) mass is 223 g/mol. The molecule has 4 nitrogen and oxygen atoms in total. The second kappa shape index (κ2) is 5.89. The van der Waals surface area contributed by atoms with Crippen LogP contribution in [0.15, 0.2) is 12.4 Å². The fourth-order valence-corrected chi connectivity index (χ4v) is 2.11. The average Bonchev–Trinajstić information content (AvgIpc) is 2.91. The lowest BCUT2D eigenvalue weighted by Gasteiger charge is -2.11. The summed E-state index contributed by atoms with van der Waals surface area (Å²) in [5.74, 6) is 0.986. The number of hydrogen-bond acceptors (Lipinski definition) is 3. The third-order valence-corrected chi connectivity index (χ3v) is 2.95. The van der Waals surface area contributed by atoms with Gasteiger partial charge in [-0.05, 0) is 25.7 Å². The van der Waals surface area contributed by atoms with E-state index < -0.39 is 0 Å². The van der Waals surface area contributed by atoms with Gasteiger partial charge < -0.3 is 14.6 Å². The van der Waals surface area contributed by atoms with Gasteiger partial charge in [0.2, 0.25) is 5.95 Å². The number of ether oxygens (including phenoxy) is 1. The van der Waals surface area contributed by atoms with Crippen molar-refractivity contribution in [2.24, 2.45) is 0 Å². The van der Waals surface area contributed by atoms with Gasteiger partial charge in [0, 0.05) is 32.1 Å². The number of nitrogens with zero attached hydrogens (tertiary/aromatic N) is 2. The summed E-state index contributed by atoms with van der Waals surface area (Å²) in [4.78, 5) is 4.31. The highest BCUT2D eigenvalue weighted by Gasteiger charge is 2.14. The molecule has 0 radical (unpaired) electrons. The van der Waals surface area contributed by atoms with E-state index in [-0.39, 0.29) is 0 Å². The Balaban J connectivity index is 1.73. The maximum Gasteiger partial charge on any atom is 0.202 e. The van der Waals surface area contributed by atoms with Gasteiger partial charge in [-0.1, -0.05) is 6.92 Å². The zero-order chi connectivity index (χ0) is 11.2. The Bertz CT molecular complexity index is 305. The molecule has 1 N–H and O–H groups in total. The molecule has 2 heterocycles. The van der Waals surface area contributed by atoms with Crippen molar-refractivity contribution in [2.75, 3.05) is 18.5 Å². The van der Waals surface area contributed by atoms with E-state index in [1.54, 1.807) is 0 Å². The summed E-state index contributed by atoms with van der Waals surface area (Å²) in [6.45, 7) is 5.10. The SMILES string of the molecule is CCCn1ccnc1NCCC1CCCO1. The number of imidazole rings is 1. The lowest BCUT2D eigenvalue weighted by molar-refractivity contribution is 0.107. The minimum Gasteiger partial charge on any atom is -0.378 e. The van der Waals surface area contributed by atoms with Gasteiger partial charge in [-0.25, -0.2) is 4.98 Å². The first-order valence-corrected chi connectivity index (χ1v) is 6.26. The molecular weight excluding hydrogens is 202 g/mol. The normalized spacial score (nSPS) is 20.2. The molecular formula is C12H21N3O. The van der Waals surface area contributed by atoms with Crippen LogP contribution < -0.4 is 5.32 Å². The first kappa shape index (κ1) is 11.5. The maximum atomic E-state index is 5.58. The van der Waals surface area contributed by atoms with Crippen LogP contribution in [0.3, 0.4) is 0 Å². The van der Waals surface area contributed by atoms with Crippen molar-refractivity contribution in [1.29, 1.82) is 0 Å². The van der Waals surface area contributed by atoms with Crippen LogP contribution in [0.25, 0.3) is 0 Å². The van der Waals surface area contributed by atoms with Crippen molar-refractivity contribution in [3.8, 4) is 0 Å². The van der Waals surface area contributed by atoms with E-state index in [9.17, 15) is 0 Å². The summed E-state index contributed by atoms with van der Waals surface area (Å²) in [5, 5.41) is 3.38. The lowest BCUT2D eigenvalue weighted by Crippen LogP contribution is -2.14. The molecule has 4 heteroatoms. The summed E-state index contributed by atoms with van der Waals surface area (Å²) < 4.78 is 7.75. The Morgan fingerprint density at radius 2 is 2.56 bits per heavy atom. The van der Waals surface area contributed by atoms with Crippen molar-refractivity contribution in [3.63, 3.8) is 0 Å². The van der Waals surface area contributed by atoms with Crippen LogP contribution in [0.2, 0.25) is 0 Å². The molecule has 1 aromatic heterocycles. The molecule has 16 heavy (non-hydrogen) atoms. The first-order chi connectivity index (χ1) is 7.90. The van der Waals surface area contributed by atoms with Crippen molar-refractivity contribution in [3.05, 3.63) is 12.4 Å². The molecule has 0 spiro atoms. The molecule has 0 amide bonds. The van der Waals surface area contributed by atoms with E-state index in [1.807, 2.05) is 12.4 Å². The Hall–Kier alpha value is -1.03. The molecule has 0 aromatic carbocycles. The van der Waals surface area contributed by atoms with Gasteiger partial charge in [0.1, 0.15) is 0 Å². The Morgan fingerprint density at radius 3 is 3.31 bits per heavy atom. The van der Waals surface area contributed by atoms with E-state index in [2.05, 4.69) is 21.8 Å². The highest BCUT2D eigenvalue weighted by Crippen LogP contribution is 2.15. The summed E-state index contributed by atoms with van der Waals surface area (Å²) in [5.41, 5.74) is 0. The predicted molar refractivity (Wildman–Crippen MR) is 64.6 cm³/mol. The van der Waals surface area contributed by atoms with Gasteiger partial charge in [-0.3, -0.25) is 0 Å². The molecule has 0 bridgehead atoms. The van der Waals surface area contributed by atoms with Gasteiger partial charge in [-0.15, -0.1) is 0 Å². The lowest BCUT2D eigenvalue weighted by atomic mass is 10.2. The van der Waals surface area contributed by atoms with Gasteiger partial charge in [0.05, 0.1) is 6.10 Å². The molecule has 1 aliphatic heterocycles. The topological polar surface area (TPSA) is 39.1 Å². The second-order valence-corrected chi connectivity index (χ2v) is 4.29. The van der Waals surface area contributed by atoms with E-state index >= 15 is 0 Å². The number of aromatic nitrogens is 2. The second-order valence-electron chi connectivity index (χ2n) is 4.29. The van der Waals surface area contributed by atoms with E-state index in [0.29, 0.717) is 6.10 Å². The molecule has 1 fully saturated rings. The van der Waals surface area contributed by atoms with Crippen molar-refractivity contribution >= 4 is 5.95 Å². The minimum atomic E-state index is 0.460. The Labute approximate surface area is 97.0 Å². The van der Waals surface area contributed by atoms with Crippen LogP contribution in [0.1, 0.15) is 32.6 Å². The Kier molecular flexibility index (Phi) is 4.22. The third kappa shape index (κ3) is 2.98. The highest BCUT2D eigenvalue weighted by atomic mass is 16.5. The van der Waals surface area contributed by atoms with Crippen LogP contribution in [0, 0.1) is 0 Å². The van der Waals surface area contributed by atoms with Gasteiger partial charge in [0.25, 0.3) is 0 Å². The summed E-state index contributed by atoms with van der Waals surface area (Å²) >= 11 is 0. The molecule has 0 saturated carbocycles. The van der Waals surface area contributed by atoms with Crippen molar-refractivity contribution in [1.82, 2.24) is 9.55 Å². The molecule has 90 valence electrons. The van der Waals surface area contributed by atoms with Crippen LogP contribution in [-0.2, 0) is 11.3 Å². The first-order valence-electron chi connectivity index (χ1n) is 6.26. The van der Waals surface area contributed by atoms with Crippen LogP contribution in [0.5, 0.6) is 0 Å². The van der Waals surface area contributed by atoms with E-state index in [1.165, 1.54) is 12.8 Å². The predicted octanol–water partition coefficient (Wildman–Crippen LogP) is 2.27. The summed E-state index contributed by atoms with van der Waals surface area (Å²) in [6, 6.07) is 0. The number of nitrogens with one attached hydrogen (secondary N) is 1. The van der Waals surface area contributed by atoms with Gasteiger partial charge >= 0.3 is 0 Å². The molecule has 1 aromatic rings. The minimum absolute atomic E-state index is 0.460. The van der Waals surface area contributed by atoms with Crippen LogP contribution >= 0.6 is 0 Å². The van der Waals surface area contributed by atoms with Gasteiger partial charge in [-0.2, -0.15) is 0 Å². The average molecular weight is 223 g/mol. The summed E-state index contributed by atoms with van der Waals surface area (Å²) in [6.07, 6.45) is 8.99. The maximum absolute atomic E-state index is 5.58. The van der Waals surface area contributed by atoms with Crippen LogP contribution in [-0.4, -0.2) is 28.8 Å². The van der Waals surface area contributed by atoms with Crippen LogP contribution in [0.4, 0.5) is 5.95 Å². The van der Waals surface area contributed by atoms with Crippen molar-refractivity contribution < 1.29 is 4.74 Å². The quantitative estimate of drug-likeness (QED) is 0.804. The highest BCUT2D eigenvalue weighted by molar-refractivity contribution is 5.25. The largest absolute Gasteiger partial charge is 0.378 e. The number of aryl methyl sites for hydroxylation is 1. The smallest absolute Gasteiger partial charge is 0.202 e. The van der Waals surface area contributed by atoms with E-state index in [0.717, 1.165) is 38.5 Å². The molecule has 0 aliphatic carbocycles. The number of rotatable bonds is 6.